The van der Waals surface area contributed by atoms with Gasteiger partial charge in [-0.2, -0.15) is 0 Å². The van der Waals surface area contributed by atoms with Gasteiger partial charge >= 0.3 is 0 Å². The van der Waals surface area contributed by atoms with Crippen LogP contribution in [-0.4, -0.2) is 49.0 Å². The highest BCUT2D eigenvalue weighted by Gasteiger charge is 2.16. The highest BCUT2D eigenvalue weighted by molar-refractivity contribution is 9.11. The van der Waals surface area contributed by atoms with Gasteiger partial charge in [0.05, 0.1) is 9.35 Å². The molecule has 6 heteroatoms. The minimum absolute atomic E-state index is 0.0218. The molecule has 1 aromatic heterocycles. The number of nitrogens with zero attached hydrogens (tertiary/aromatic N) is 2. The molecule has 0 aromatic carbocycles. The molecule has 0 aliphatic carbocycles. The molecule has 0 saturated carbocycles. The van der Waals surface area contributed by atoms with E-state index in [-0.39, 0.29) is 5.91 Å². The maximum Gasteiger partial charge on any atom is 0.266 e. The van der Waals surface area contributed by atoms with Gasteiger partial charge < -0.3 is 4.90 Å². The Morgan fingerprint density at radius 1 is 1.44 bits per heavy atom. The molecule has 1 amide bonds. The number of thiophene rings is 1. The summed E-state index contributed by atoms with van der Waals surface area (Å²) in [5.41, 5.74) is 3.64. The van der Waals surface area contributed by atoms with Crippen molar-refractivity contribution in [2.24, 2.45) is 0 Å². The van der Waals surface area contributed by atoms with Crippen LogP contribution in [0.3, 0.4) is 0 Å². The van der Waals surface area contributed by atoms with E-state index in [9.17, 15) is 4.79 Å². The summed E-state index contributed by atoms with van der Waals surface area (Å²) in [6, 6.07) is 1.84. The maximum absolute atomic E-state index is 11.8. The molecule has 2 heterocycles. The Bertz CT molecular complexity index is 374. The molecule has 88 valence electrons. The molecular formula is C10H14BrN3OS. The van der Waals surface area contributed by atoms with E-state index >= 15 is 0 Å². The van der Waals surface area contributed by atoms with Gasteiger partial charge in [-0.1, -0.05) is 0 Å². The zero-order valence-electron chi connectivity index (χ0n) is 9.07. The van der Waals surface area contributed by atoms with Gasteiger partial charge in [0, 0.05) is 31.6 Å². The largest absolute Gasteiger partial charge is 0.304 e. The molecule has 1 fully saturated rings. The third kappa shape index (κ3) is 3.04. The Kier molecular flexibility index (Phi) is 3.96. The zero-order chi connectivity index (χ0) is 11.5. The summed E-state index contributed by atoms with van der Waals surface area (Å²) in [6.45, 7) is 3.75. The summed E-state index contributed by atoms with van der Waals surface area (Å²) in [5, 5.41) is 3.84. The lowest BCUT2D eigenvalue weighted by Gasteiger charge is -2.32. The second-order valence-corrected chi connectivity index (χ2v) is 6.16. The Labute approximate surface area is 107 Å². The van der Waals surface area contributed by atoms with Crippen molar-refractivity contribution in [3.63, 3.8) is 0 Å². The molecule has 1 saturated heterocycles. The van der Waals surface area contributed by atoms with Crippen LogP contribution in [0.4, 0.5) is 0 Å². The van der Waals surface area contributed by atoms with Gasteiger partial charge in [0.2, 0.25) is 0 Å². The minimum Gasteiger partial charge on any atom is -0.304 e. The minimum atomic E-state index is -0.0218. The SMILES string of the molecule is CN1CCN(NC(=O)c2csc(Br)c2)CC1. The lowest BCUT2D eigenvalue weighted by molar-refractivity contribution is 0.0663. The van der Waals surface area contributed by atoms with Crippen molar-refractivity contribution in [2.45, 2.75) is 0 Å². The molecule has 1 aliphatic rings. The van der Waals surface area contributed by atoms with Crippen molar-refractivity contribution in [2.75, 3.05) is 33.2 Å². The zero-order valence-corrected chi connectivity index (χ0v) is 11.5. The van der Waals surface area contributed by atoms with Crippen molar-refractivity contribution in [1.29, 1.82) is 0 Å². The predicted octanol–water partition coefficient (Wildman–Crippen LogP) is 1.40. The average Bonchev–Trinajstić information content (AvgIpc) is 2.68. The van der Waals surface area contributed by atoms with E-state index < -0.39 is 0 Å². The van der Waals surface area contributed by atoms with E-state index in [4.69, 9.17) is 0 Å². The lowest BCUT2D eigenvalue weighted by Crippen LogP contribution is -2.52. The number of rotatable bonds is 2. The Balaban J connectivity index is 1.88. The van der Waals surface area contributed by atoms with Crippen molar-refractivity contribution in [1.82, 2.24) is 15.3 Å². The normalized spacial score (nSPS) is 18.6. The molecule has 0 radical (unpaired) electrons. The number of carbonyl (C=O) groups excluding carboxylic acids is 1. The van der Waals surface area contributed by atoms with Crippen LogP contribution in [0, 0.1) is 0 Å². The van der Waals surface area contributed by atoms with Gasteiger partial charge in [0.25, 0.3) is 5.91 Å². The fourth-order valence-corrected chi connectivity index (χ4v) is 2.69. The fraction of sp³-hybridized carbons (Fsp3) is 0.500. The van der Waals surface area contributed by atoms with Crippen LogP contribution in [-0.2, 0) is 0 Å². The van der Waals surface area contributed by atoms with E-state index in [1.54, 1.807) is 0 Å². The molecule has 2 rings (SSSR count). The number of carbonyl (C=O) groups is 1. The Hall–Kier alpha value is -0.430. The van der Waals surface area contributed by atoms with Crippen LogP contribution in [0.25, 0.3) is 0 Å². The van der Waals surface area contributed by atoms with Crippen molar-refractivity contribution < 1.29 is 4.79 Å². The van der Waals surface area contributed by atoms with Gasteiger partial charge in [-0.05, 0) is 29.0 Å². The second-order valence-electron chi connectivity index (χ2n) is 3.87. The van der Waals surface area contributed by atoms with Gasteiger partial charge in [-0.15, -0.1) is 11.3 Å². The highest BCUT2D eigenvalue weighted by Crippen LogP contribution is 2.20. The summed E-state index contributed by atoms with van der Waals surface area (Å²) in [5.74, 6) is -0.0218. The molecule has 1 aromatic rings. The molecule has 0 unspecified atom stereocenters. The monoisotopic (exact) mass is 303 g/mol. The van der Waals surface area contributed by atoms with Gasteiger partial charge in [-0.25, -0.2) is 5.01 Å². The first kappa shape index (κ1) is 12.0. The van der Waals surface area contributed by atoms with Gasteiger partial charge in [0.1, 0.15) is 0 Å². The number of halogens is 1. The van der Waals surface area contributed by atoms with Crippen LogP contribution >= 0.6 is 27.3 Å². The second kappa shape index (κ2) is 5.27. The summed E-state index contributed by atoms with van der Waals surface area (Å²) < 4.78 is 0.982. The fourth-order valence-electron chi connectivity index (χ4n) is 1.56. The van der Waals surface area contributed by atoms with E-state index in [0.29, 0.717) is 0 Å². The standard InChI is InChI=1S/C10H14BrN3OS/c1-13-2-4-14(5-3-13)12-10(15)8-6-9(11)16-7-8/h6-7H,2-5H2,1H3,(H,12,15). The van der Waals surface area contributed by atoms with Crippen molar-refractivity contribution in [3.8, 4) is 0 Å². The molecule has 1 aliphatic heterocycles. The topological polar surface area (TPSA) is 35.6 Å². The number of hydrogen-bond donors (Lipinski definition) is 1. The van der Waals surface area contributed by atoms with E-state index in [1.807, 2.05) is 16.5 Å². The van der Waals surface area contributed by atoms with Crippen LogP contribution in [0.15, 0.2) is 15.2 Å². The number of amides is 1. The molecule has 0 bridgehead atoms. The van der Waals surface area contributed by atoms with Crippen molar-refractivity contribution in [3.05, 3.63) is 20.8 Å². The molecule has 0 spiro atoms. The quantitative estimate of drug-likeness (QED) is 0.897. The molecule has 0 atom stereocenters. The van der Waals surface area contributed by atoms with Crippen LogP contribution in [0.5, 0.6) is 0 Å². The first-order valence-corrected chi connectivity index (χ1v) is 6.81. The predicted molar refractivity (Wildman–Crippen MR) is 68.6 cm³/mol. The maximum atomic E-state index is 11.8. The van der Waals surface area contributed by atoms with E-state index in [2.05, 4.69) is 33.3 Å². The first-order valence-electron chi connectivity index (χ1n) is 5.13. The number of piperazine rings is 1. The summed E-state index contributed by atoms with van der Waals surface area (Å²) in [7, 11) is 2.09. The Morgan fingerprint density at radius 2 is 2.12 bits per heavy atom. The third-order valence-corrected chi connectivity index (χ3v) is 4.10. The number of nitrogens with one attached hydrogen (secondary N) is 1. The van der Waals surface area contributed by atoms with Gasteiger partial charge in [-0.3, -0.25) is 10.2 Å². The number of likely N-dealkylation sites (N-methyl/N-ethyl adjacent to an activating group) is 1. The lowest BCUT2D eigenvalue weighted by atomic mass is 10.3. The highest BCUT2D eigenvalue weighted by atomic mass is 79.9. The summed E-state index contributed by atoms with van der Waals surface area (Å²) in [4.78, 5) is 14.1. The smallest absolute Gasteiger partial charge is 0.266 e. The molecule has 1 N–H and O–H groups in total. The van der Waals surface area contributed by atoms with E-state index in [1.165, 1.54) is 11.3 Å². The number of hydrazine groups is 1. The first-order chi connectivity index (χ1) is 7.65. The molecule has 16 heavy (non-hydrogen) atoms. The van der Waals surface area contributed by atoms with Crippen LogP contribution in [0.1, 0.15) is 10.4 Å². The summed E-state index contributed by atoms with van der Waals surface area (Å²) in [6.07, 6.45) is 0. The van der Waals surface area contributed by atoms with Gasteiger partial charge in [0.15, 0.2) is 0 Å². The van der Waals surface area contributed by atoms with Crippen LogP contribution in [0.2, 0.25) is 0 Å². The van der Waals surface area contributed by atoms with E-state index in [0.717, 1.165) is 35.5 Å². The molecular weight excluding hydrogens is 290 g/mol. The average molecular weight is 304 g/mol. The Morgan fingerprint density at radius 3 is 2.69 bits per heavy atom. The van der Waals surface area contributed by atoms with Crippen LogP contribution < -0.4 is 5.43 Å². The third-order valence-electron chi connectivity index (χ3n) is 2.59. The van der Waals surface area contributed by atoms with Crippen molar-refractivity contribution >= 4 is 33.2 Å². The summed E-state index contributed by atoms with van der Waals surface area (Å²) >= 11 is 4.88. The number of hydrogen-bond acceptors (Lipinski definition) is 4. The molecule has 4 nitrogen and oxygen atoms in total.